The van der Waals surface area contributed by atoms with Gasteiger partial charge in [-0.1, -0.05) is 12.1 Å². The molecule has 2 heterocycles. The lowest BCUT2D eigenvalue weighted by Crippen LogP contribution is -2.25. The van der Waals surface area contributed by atoms with E-state index >= 15 is 0 Å². The average Bonchev–Trinajstić information content (AvgIpc) is 3.47. The summed E-state index contributed by atoms with van der Waals surface area (Å²) in [5.41, 5.74) is 0. The van der Waals surface area contributed by atoms with Gasteiger partial charge in [0, 0.05) is 17.9 Å². The van der Waals surface area contributed by atoms with E-state index in [1.54, 1.807) is 0 Å². The van der Waals surface area contributed by atoms with Gasteiger partial charge in [-0.15, -0.1) is 0 Å². The van der Waals surface area contributed by atoms with Crippen molar-refractivity contribution in [2.75, 3.05) is 0 Å². The smallest absolute Gasteiger partial charge is 0.240 e. The van der Waals surface area contributed by atoms with E-state index in [9.17, 15) is 0 Å². The fourth-order valence-corrected chi connectivity index (χ4v) is 3.36. The van der Waals surface area contributed by atoms with Crippen molar-refractivity contribution in [2.24, 2.45) is 5.92 Å². The second kappa shape index (κ2) is 5.20. The largest absolute Gasteiger partial charge is 0.464 e. The number of hydrogen-bond acceptors (Lipinski definition) is 5. The van der Waals surface area contributed by atoms with Crippen LogP contribution in [-0.4, -0.2) is 21.1 Å². The Hall–Kier alpha value is -1.62. The molecule has 2 aromatic heterocycles. The van der Waals surface area contributed by atoms with Gasteiger partial charge in [0.1, 0.15) is 11.5 Å². The van der Waals surface area contributed by atoms with Gasteiger partial charge in [0.15, 0.2) is 5.82 Å². The molecule has 0 N–H and O–H groups in total. The fraction of sp³-hybridized carbons (Fsp3) is 0.667. The lowest BCUT2D eigenvalue weighted by Gasteiger charge is -2.18. The van der Waals surface area contributed by atoms with E-state index in [0.29, 0.717) is 17.9 Å². The Bertz CT molecular complexity index is 699. The normalized spacial score (nSPS) is 26.9. The topological polar surface area (TPSA) is 55.3 Å². The zero-order valence-corrected chi connectivity index (χ0v) is 13.6. The Morgan fingerprint density at radius 1 is 1.17 bits per heavy atom. The van der Waals surface area contributed by atoms with Crippen LogP contribution in [0.4, 0.5) is 0 Å². The molecular formula is C18H23N3O2. The van der Waals surface area contributed by atoms with Crippen molar-refractivity contribution in [3.63, 3.8) is 0 Å². The minimum Gasteiger partial charge on any atom is -0.464 e. The molecule has 3 aliphatic rings. The molecule has 0 radical (unpaired) electrons. The number of furan rings is 1. The summed E-state index contributed by atoms with van der Waals surface area (Å²) in [6.45, 7) is 3.86. The minimum atomic E-state index is 0.551. The van der Waals surface area contributed by atoms with Gasteiger partial charge in [0.2, 0.25) is 5.89 Å². The molecule has 0 aliphatic heterocycles. The van der Waals surface area contributed by atoms with E-state index in [1.807, 2.05) is 0 Å². The average molecular weight is 313 g/mol. The van der Waals surface area contributed by atoms with Crippen molar-refractivity contribution in [2.45, 2.75) is 70.0 Å². The second-order valence-corrected chi connectivity index (χ2v) is 7.58. The first kappa shape index (κ1) is 13.8. The predicted octanol–water partition coefficient (Wildman–Crippen LogP) is 3.83. The molecule has 3 saturated carbocycles. The van der Waals surface area contributed by atoms with E-state index in [2.05, 4.69) is 34.1 Å². The SMILES string of the molecule is C[C@@H]1C[C@@H]1c1ccc(CN(Cc2nc(C3CC3)no2)C2CC2)o1. The molecule has 0 bridgehead atoms. The van der Waals surface area contributed by atoms with Crippen LogP contribution in [0.5, 0.6) is 0 Å². The highest BCUT2D eigenvalue weighted by Crippen LogP contribution is 2.47. The number of aromatic nitrogens is 2. The monoisotopic (exact) mass is 313 g/mol. The molecule has 2 atom stereocenters. The van der Waals surface area contributed by atoms with Crippen LogP contribution in [0.25, 0.3) is 0 Å². The van der Waals surface area contributed by atoms with Gasteiger partial charge >= 0.3 is 0 Å². The van der Waals surface area contributed by atoms with E-state index < -0.39 is 0 Å². The molecule has 0 spiro atoms. The highest BCUT2D eigenvalue weighted by Gasteiger charge is 2.37. The van der Waals surface area contributed by atoms with Gasteiger partial charge in [-0.2, -0.15) is 4.98 Å². The van der Waals surface area contributed by atoms with Crippen LogP contribution < -0.4 is 0 Å². The summed E-state index contributed by atoms with van der Waals surface area (Å²) in [4.78, 5) is 6.99. The van der Waals surface area contributed by atoms with Crippen molar-refractivity contribution in [3.8, 4) is 0 Å². The summed E-state index contributed by atoms with van der Waals surface area (Å²) < 4.78 is 11.5. The van der Waals surface area contributed by atoms with Crippen LogP contribution in [0.15, 0.2) is 21.1 Å². The quantitative estimate of drug-likeness (QED) is 0.777. The standard InChI is InChI=1S/C18H23N3O2/c1-11-8-15(11)16-7-6-14(22-16)9-21(13-4-5-13)10-17-19-18(20-23-17)12-2-3-12/h6-7,11-13,15H,2-5,8-10H2,1H3/t11-,15+/m1/s1. The summed E-state index contributed by atoms with van der Waals surface area (Å²) in [6, 6.07) is 4.94. The third kappa shape index (κ3) is 2.94. The molecule has 2 aromatic rings. The molecule has 5 heteroatoms. The number of rotatable bonds is 7. The fourth-order valence-electron chi connectivity index (χ4n) is 3.36. The predicted molar refractivity (Wildman–Crippen MR) is 83.8 cm³/mol. The summed E-state index contributed by atoms with van der Waals surface area (Å²) in [6.07, 6.45) is 6.21. The van der Waals surface area contributed by atoms with Gasteiger partial charge in [0.25, 0.3) is 0 Å². The third-order valence-electron chi connectivity index (χ3n) is 5.34. The first-order valence-electron chi connectivity index (χ1n) is 8.91. The maximum atomic E-state index is 6.07. The molecule has 0 amide bonds. The van der Waals surface area contributed by atoms with Crippen molar-refractivity contribution in [1.29, 1.82) is 0 Å². The summed E-state index contributed by atoms with van der Waals surface area (Å²) in [5.74, 6) is 5.86. The van der Waals surface area contributed by atoms with E-state index in [1.165, 1.54) is 32.1 Å². The zero-order chi connectivity index (χ0) is 15.4. The van der Waals surface area contributed by atoms with Gasteiger partial charge in [0.05, 0.1) is 13.1 Å². The lowest BCUT2D eigenvalue weighted by atomic mass is 10.3. The number of nitrogens with zero attached hydrogens (tertiary/aromatic N) is 3. The Balaban J connectivity index is 1.26. The molecule has 0 saturated heterocycles. The van der Waals surface area contributed by atoms with Crippen molar-refractivity contribution in [3.05, 3.63) is 35.4 Å². The van der Waals surface area contributed by atoms with E-state index in [0.717, 1.165) is 42.2 Å². The van der Waals surface area contributed by atoms with Crippen molar-refractivity contribution < 1.29 is 8.94 Å². The molecule has 23 heavy (non-hydrogen) atoms. The summed E-state index contributed by atoms with van der Waals surface area (Å²) in [5, 5.41) is 4.13. The molecule has 122 valence electrons. The van der Waals surface area contributed by atoms with Crippen LogP contribution in [0, 0.1) is 5.92 Å². The summed E-state index contributed by atoms with van der Waals surface area (Å²) in [7, 11) is 0. The molecule has 3 aliphatic carbocycles. The molecule has 0 unspecified atom stereocenters. The first-order chi connectivity index (χ1) is 11.3. The van der Waals surface area contributed by atoms with Crippen molar-refractivity contribution in [1.82, 2.24) is 15.0 Å². The van der Waals surface area contributed by atoms with Gasteiger partial charge in [-0.05, 0) is 50.2 Å². The maximum absolute atomic E-state index is 6.07. The highest BCUT2D eigenvalue weighted by atomic mass is 16.5. The molecule has 0 aromatic carbocycles. The Kier molecular flexibility index (Phi) is 3.11. The summed E-state index contributed by atoms with van der Waals surface area (Å²) >= 11 is 0. The Morgan fingerprint density at radius 3 is 2.70 bits per heavy atom. The molecule has 3 fully saturated rings. The second-order valence-electron chi connectivity index (χ2n) is 7.58. The van der Waals surface area contributed by atoms with Crippen LogP contribution >= 0.6 is 0 Å². The Labute approximate surface area is 136 Å². The van der Waals surface area contributed by atoms with Crippen LogP contribution in [0.1, 0.15) is 74.1 Å². The third-order valence-corrected chi connectivity index (χ3v) is 5.34. The van der Waals surface area contributed by atoms with Crippen LogP contribution in [0.3, 0.4) is 0 Å². The first-order valence-corrected chi connectivity index (χ1v) is 8.91. The van der Waals surface area contributed by atoms with Crippen LogP contribution in [-0.2, 0) is 13.1 Å². The van der Waals surface area contributed by atoms with Gasteiger partial charge < -0.3 is 8.94 Å². The van der Waals surface area contributed by atoms with Crippen molar-refractivity contribution >= 4 is 0 Å². The Morgan fingerprint density at radius 2 is 2.00 bits per heavy atom. The number of hydrogen-bond donors (Lipinski definition) is 0. The zero-order valence-electron chi connectivity index (χ0n) is 13.6. The minimum absolute atomic E-state index is 0.551. The molecule has 5 rings (SSSR count). The molecule has 5 nitrogen and oxygen atoms in total. The molecular weight excluding hydrogens is 290 g/mol. The highest BCUT2D eigenvalue weighted by molar-refractivity contribution is 5.18. The maximum Gasteiger partial charge on any atom is 0.240 e. The van der Waals surface area contributed by atoms with Gasteiger partial charge in [-0.25, -0.2) is 0 Å². The lowest BCUT2D eigenvalue weighted by molar-refractivity contribution is 0.194. The van der Waals surface area contributed by atoms with Crippen LogP contribution in [0.2, 0.25) is 0 Å². The van der Waals surface area contributed by atoms with E-state index in [4.69, 9.17) is 8.94 Å². The van der Waals surface area contributed by atoms with Gasteiger partial charge in [-0.3, -0.25) is 4.90 Å². The van der Waals surface area contributed by atoms with E-state index in [-0.39, 0.29) is 0 Å².